The molecule has 1 N–H and O–H groups in total. The molecule has 1 heterocycles. The summed E-state index contributed by atoms with van der Waals surface area (Å²) in [6, 6.07) is 15.4. The Balaban J connectivity index is 1.70. The molecule has 3 rings (SSSR count). The number of fused-ring (bicyclic) bond motifs is 1. The second-order valence-corrected chi connectivity index (χ2v) is 6.88. The number of nitrogens with zero attached hydrogens (tertiary/aromatic N) is 2. The number of ketones is 1. The number of rotatable bonds is 7. The number of benzene rings is 2. The van der Waals surface area contributed by atoms with Crippen molar-refractivity contribution in [2.24, 2.45) is 0 Å². The minimum Gasteiger partial charge on any atom is -0.355 e. The summed E-state index contributed by atoms with van der Waals surface area (Å²) < 4.78 is 1.98. The Labute approximate surface area is 159 Å². The third-order valence-electron chi connectivity index (χ3n) is 4.93. The van der Waals surface area contributed by atoms with Crippen molar-refractivity contribution in [2.75, 3.05) is 6.54 Å². The molecule has 0 bridgehead atoms. The molecular formula is C22H25N3O2. The first-order valence-electron chi connectivity index (χ1n) is 9.25. The van der Waals surface area contributed by atoms with Gasteiger partial charge in [-0.2, -0.15) is 0 Å². The van der Waals surface area contributed by atoms with Crippen molar-refractivity contribution in [1.82, 2.24) is 14.9 Å². The highest BCUT2D eigenvalue weighted by Gasteiger charge is 2.18. The summed E-state index contributed by atoms with van der Waals surface area (Å²) in [5, 5.41) is 2.97. The van der Waals surface area contributed by atoms with Crippen LogP contribution in [-0.2, 0) is 22.4 Å². The van der Waals surface area contributed by atoms with E-state index in [-0.39, 0.29) is 17.7 Å². The van der Waals surface area contributed by atoms with Crippen LogP contribution in [0.25, 0.3) is 11.0 Å². The fraction of sp³-hybridized carbons (Fsp3) is 0.318. The zero-order valence-electron chi connectivity index (χ0n) is 16.0. The van der Waals surface area contributed by atoms with Gasteiger partial charge in [0.1, 0.15) is 5.82 Å². The number of amides is 1. The van der Waals surface area contributed by atoms with Gasteiger partial charge in [-0.15, -0.1) is 0 Å². The van der Waals surface area contributed by atoms with Crippen LogP contribution in [0, 0.1) is 6.92 Å². The van der Waals surface area contributed by atoms with Gasteiger partial charge < -0.3 is 9.88 Å². The van der Waals surface area contributed by atoms with Gasteiger partial charge in [0, 0.05) is 13.0 Å². The Morgan fingerprint density at radius 3 is 2.56 bits per heavy atom. The summed E-state index contributed by atoms with van der Waals surface area (Å²) >= 11 is 0. The summed E-state index contributed by atoms with van der Waals surface area (Å²) in [6.45, 7) is 5.97. The van der Waals surface area contributed by atoms with Crippen LogP contribution in [-0.4, -0.2) is 27.8 Å². The van der Waals surface area contributed by atoms with Crippen LogP contribution >= 0.6 is 0 Å². The standard InChI is InChI=1S/C22H25N3O2/c1-15-8-4-5-9-18(15)14-22(27)23-13-12-21-24-19-10-6-7-11-20(19)25(21)16(2)17(3)26/h4-11,16H,12-14H2,1-3H3,(H,23,27). The average molecular weight is 363 g/mol. The van der Waals surface area contributed by atoms with Crippen LogP contribution in [0.5, 0.6) is 0 Å². The second kappa shape index (κ2) is 8.16. The molecule has 5 nitrogen and oxygen atoms in total. The first-order chi connectivity index (χ1) is 13.0. The molecule has 0 saturated heterocycles. The minimum atomic E-state index is -0.282. The van der Waals surface area contributed by atoms with Gasteiger partial charge >= 0.3 is 0 Å². The van der Waals surface area contributed by atoms with Crippen LogP contribution in [0.4, 0.5) is 0 Å². The molecule has 0 saturated carbocycles. The molecule has 1 unspecified atom stereocenters. The van der Waals surface area contributed by atoms with Crippen molar-refractivity contribution in [1.29, 1.82) is 0 Å². The van der Waals surface area contributed by atoms with E-state index in [1.165, 1.54) is 0 Å². The molecule has 0 aliphatic carbocycles. The van der Waals surface area contributed by atoms with E-state index in [0.29, 0.717) is 19.4 Å². The lowest BCUT2D eigenvalue weighted by Gasteiger charge is -2.15. The van der Waals surface area contributed by atoms with Crippen molar-refractivity contribution >= 4 is 22.7 Å². The van der Waals surface area contributed by atoms with Gasteiger partial charge in [-0.05, 0) is 44.0 Å². The molecule has 0 aliphatic heterocycles. The van der Waals surface area contributed by atoms with Crippen molar-refractivity contribution in [3.63, 3.8) is 0 Å². The number of para-hydroxylation sites is 2. The second-order valence-electron chi connectivity index (χ2n) is 6.88. The van der Waals surface area contributed by atoms with E-state index in [9.17, 15) is 9.59 Å². The molecule has 3 aromatic rings. The van der Waals surface area contributed by atoms with Gasteiger partial charge in [-0.1, -0.05) is 36.4 Å². The summed E-state index contributed by atoms with van der Waals surface area (Å²) in [5.41, 5.74) is 3.96. The summed E-state index contributed by atoms with van der Waals surface area (Å²) in [5.74, 6) is 0.893. The van der Waals surface area contributed by atoms with Crippen molar-refractivity contribution in [3.05, 3.63) is 65.5 Å². The van der Waals surface area contributed by atoms with Crippen LogP contribution < -0.4 is 5.32 Å². The van der Waals surface area contributed by atoms with E-state index in [2.05, 4.69) is 10.3 Å². The maximum absolute atomic E-state index is 12.3. The minimum absolute atomic E-state index is 0.00780. The molecule has 5 heteroatoms. The van der Waals surface area contributed by atoms with Gasteiger partial charge in [0.05, 0.1) is 23.5 Å². The number of aryl methyl sites for hydroxylation is 1. The zero-order valence-corrected chi connectivity index (χ0v) is 16.0. The number of hydrogen-bond donors (Lipinski definition) is 1. The van der Waals surface area contributed by atoms with Gasteiger partial charge in [-0.25, -0.2) is 4.98 Å². The largest absolute Gasteiger partial charge is 0.355 e. The topological polar surface area (TPSA) is 64.0 Å². The molecular weight excluding hydrogens is 338 g/mol. The van der Waals surface area contributed by atoms with Crippen molar-refractivity contribution < 1.29 is 9.59 Å². The Hall–Kier alpha value is -2.95. The normalized spacial score (nSPS) is 12.1. The van der Waals surface area contributed by atoms with E-state index in [4.69, 9.17) is 0 Å². The molecule has 1 aromatic heterocycles. The quantitative estimate of drug-likeness (QED) is 0.700. The molecule has 27 heavy (non-hydrogen) atoms. The van der Waals surface area contributed by atoms with E-state index >= 15 is 0 Å². The average Bonchev–Trinajstić information content (AvgIpc) is 3.01. The van der Waals surface area contributed by atoms with Gasteiger partial charge in [0.15, 0.2) is 5.78 Å². The Kier molecular flexibility index (Phi) is 5.69. The van der Waals surface area contributed by atoms with Gasteiger partial charge in [0.25, 0.3) is 0 Å². The Morgan fingerprint density at radius 2 is 1.81 bits per heavy atom. The highest BCUT2D eigenvalue weighted by atomic mass is 16.1. The SMILES string of the molecule is CC(=O)C(C)n1c(CCNC(=O)Cc2ccccc2C)nc2ccccc21. The van der Waals surface area contributed by atoms with Crippen molar-refractivity contribution in [3.8, 4) is 0 Å². The Bertz CT molecular complexity index is 975. The lowest BCUT2D eigenvalue weighted by atomic mass is 10.1. The zero-order chi connectivity index (χ0) is 19.4. The maximum Gasteiger partial charge on any atom is 0.224 e. The number of nitrogens with one attached hydrogen (secondary N) is 1. The van der Waals surface area contributed by atoms with Crippen LogP contribution in [0.15, 0.2) is 48.5 Å². The first-order valence-corrected chi connectivity index (χ1v) is 9.25. The first kappa shape index (κ1) is 18.8. The molecule has 2 aromatic carbocycles. The summed E-state index contributed by atoms with van der Waals surface area (Å²) in [7, 11) is 0. The van der Waals surface area contributed by atoms with E-state index in [0.717, 1.165) is 28.0 Å². The van der Waals surface area contributed by atoms with E-state index in [1.807, 2.05) is 66.9 Å². The summed E-state index contributed by atoms with van der Waals surface area (Å²) in [6.07, 6.45) is 0.943. The number of hydrogen-bond acceptors (Lipinski definition) is 3. The number of Topliss-reactive ketones (excluding diaryl/α,β-unsaturated/α-hetero) is 1. The molecule has 0 fully saturated rings. The molecule has 0 spiro atoms. The van der Waals surface area contributed by atoms with Crippen LogP contribution in [0.2, 0.25) is 0 Å². The van der Waals surface area contributed by atoms with Gasteiger partial charge in [0.2, 0.25) is 5.91 Å². The van der Waals surface area contributed by atoms with Crippen molar-refractivity contribution in [2.45, 2.75) is 39.7 Å². The number of carbonyl (C=O) groups is 2. The van der Waals surface area contributed by atoms with Gasteiger partial charge in [-0.3, -0.25) is 9.59 Å². The lowest BCUT2D eigenvalue weighted by molar-refractivity contribution is -0.121. The fourth-order valence-corrected chi connectivity index (χ4v) is 3.24. The predicted molar refractivity (Wildman–Crippen MR) is 107 cm³/mol. The third-order valence-corrected chi connectivity index (χ3v) is 4.93. The smallest absolute Gasteiger partial charge is 0.224 e. The highest BCUT2D eigenvalue weighted by molar-refractivity contribution is 5.84. The Morgan fingerprint density at radius 1 is 1.11 bits per heavy atom. The third kappa shape index (κ3) is 4.25. The molecule has 0 radical (unpaired) electrons. The fourth-order valence-electron chi connectivity index (χ4n) is 3.24. The van der Waals surface area contributed by atoms with Crippen LogP contribution in [0.1, 0.15) is 36.8 Å². The van der Waals surface area contributed by atoms with E-state index < -0.39 is 0 Å². The molecule has 1 atom stereocenters. The maximum atomic E-state index is 12.3. The van der Waals surface area contributed by atoms with E-state index in [1.54, 1.807) is 6.92 Å². The monoisotopic (exact) mass is 363 g/mol. The predicted octanol–water partition coefficient (Wildman–Crippen LogP) is 3.40. The number of aromatic nitrogens is 2. The number of imidazole rings is 1. The molecule has 1 amide bonds. The van der Waals surface area contributed by atoms with Crippen LogP contribution in [0.3, 0.4) is 0 Å². The summed E-state index contributed by atoms with van der Waals surface area (Å²) in [4.78, 5) is 28.9. The highest BCUT2D eigenvalue weighted by Crippen LogP contribution is 2.22. The molecule has 0 aliphatic rings. The molecule has 140 valence electrons. The lowest BCUT2D eigenvalue weighted by Crippen LogP contribution is -2.28. The number of carbonyl (C=O) groups excluding carboxylic acids is 2.